The number of aromatic nitrogens is 4. The second kappa shape index (κ2) is 4.69. The minimum atomic E-state index is -0.249. The van der Waals surface area contributed by atoms with Gasteiger partial charge in [-0.25, -0.2) is 4.39 Å². The number of halogens is 1. The molecule has 0 unspecified atom stereocenters. The minimum Gasteiger partial charge on any atom is -0.369 e. The van der Waals surface area contributed by atoms with Crippen molar-refractivity contribution < 1.29 is 4.39 Å². The van der Waals surface area contributed by atoms with Crippen molar-refractivity contribution in [3.63, 3.8) is 0 Å². The molecule has 0 bridgehead atoms. The molecule has 1 aliphatic rings. The van der Waals surface area contributed by atoms with Crippen LogP contribution in [0.25, 0.3) is 11.0 Å². The van der Waals surface area contributed by atoms with Gasteiger partial charge in [-0.2, -0.15) is 15.1 Å². The van der Waals surface area contributed by atoms with Crippen LogP contribution in [0.4, 0.5) is 16.2 Å². The van der Waals surface area contributed by atoms with Gasteiger partial charge in [0.25, 0.3) is 0 Å². The third-order valence-electron chi connectivity index (χ3n) is 3.49. The van der Waals surface area contributed by atoms with E-state index in [1.54, 1.807) is 6.07 Å². The van der Waals surface area contributed by atoms with Gasteiger partial charge in [0, 0.05) is 19.5 Å². The first-order valence-corrected chi connectivity index (χ1v) is 6.77. The number of H-pyrrole nitrogens is 1. The molecule has 2 aromatic heterocycles. The van der Waals surface area contributed by atoms with Gasteiger partial charge in [0.05, 0.1) is 11.1 Å². The Morgan fingerprint density at radius 3 is 3.14 bits per heavy atom. The van der Waals surface area contributed by atoms with Crippen LogP contribution in [0.1, 0.15) is 11.3 Å². The van der Waals surface area contributed by atoms with Gasteiger partial charge in [-0.15, -0.1) is 0 Å². The summed E-state index contributed by atoms with van der Waals surface area (Å²) in [6.07, 6.45) is 0.867. The van der Waals surface area contributed by atoms with E-state index in [4.69, 9.17) is 0 Å². The summed E-state index contributed by atoms with van der Waals surface area (Å²) in [7, 11) is 0. The quantitative estimate of drug-likeness (QED) is 0.686. The highest BCUT2D eigenvalue weighted by Gasteiger charge is 2.18. The van der Waals surface area contributed by atoms with Crippen molar-refractivity contribution in [1.29, 1.82) is 0 Å². The van der Waals surface area contributed by atoms with Crippen molar-refractivity contribution in [3.05, 3.63) is 41.3 Å². The predicted octanol–water partition coefficient (Wildman–Crippen LogP) is 2.07. The van der Waals surface area contributed by atoms with Gasteiger partial charge < -0.3 is 10.6 Å². The van der Waals surface area contributed by atoms with Gasteiger partial charge in [-0.3, -0.25) is 5.10 Å². The second-order valence-corrected chi connectivity index (χ2v) is 4.95. The average molecular weight is 284 g/mol. The normalized spacial score (nSPS) is 13.2. The Kier molecular flexibility index (Phi) is 2.70. The Hall–Kier alpha value is -2.70. The zero-order chi connectivity index (χ0) is 14.2. The van der Waals surface area contributed by atoms with E-state index in [2.05, 4.69) is 30.8 Å². The lowest BCUT2D eigenvalue weighted by molar-refractivity contribution is 0.626. The summed E-state index contributed by atoms with van der Waals surface area (Å²) < 4.78 is 13.1. The van der Waals surface area contributed by atoms with Gasteiger partial charge in [0.2, 0.25) is 5.95 Å². The van der Waals surface area contributed by atoms with Crippen LogP contribution < -0.4 is 10.6 Å². The van der Waals surface area contributed by atoms with Crippen molar-refractivity contribution in [3.8, 4) is 0 Å². The van der Waals surface area contributed by atoms with Gasteiger partial charge in [-0.05, 0) is 17.7 Å². The molecule has 0 saturated heterocycles. The summed E-state index contributed by atoms with van der Waals surface area (Å²) in [6, 6.07) is 6.45. The van der Waals surface area contributed by atoms with Crippen LogP contribution in [0.15, 0.2) is 24.3 Å². The molecule has 7 heteroatoms. The maximum atomic E-state index is 13.1. The predicted molar refractivity (Wildman–Crippen MR) is 77.6 cm³/mol. The molecule has 1 aliphatic heterocycles. The van der Waals surface area contributed by atoms with E-state index in [0.29, 0.717) is 18.1 Å². The molecule has 0 saturated carbocycles. The summed E-state index contributed by atoms with van der Waals surface area (Å²) in [5, 5.41) is 14.5. The number of anilines is 2. The average Bonchev–Trinajstić information content (AvgIpc) is 2.90. The molecule has 6 nitrogen and oxygen atoms in total. The molecule has 1 aromatic carbocycles. The van der Waals surface area contributed by atoms with Crippen molar-refractivity contribution in [1.82, 2.24) is 20.2 Å². The van der Waals surface area contributed by atoms with Crippen molar-refractivity contribution in [2.24, 2.45) is 0 Å². The van der Waals surface area contributed by atoms with Crippen molar-refractivity contribution in [2.75, 3.05) is 17.2 Å². The molecule has 4 rings (SSSR count). The molecule has 0 radical (unpaired) electrons. The van der Waals surface area contributed by atoms with Gasteiger partial charge in [0.1, 0.15) is 11.6 Å². The lowest BCUT2D eigenvalue weighted by Gasteiger charge is -2.13. The number of benzene rings is 1. The number of nitrogens with one attached hydrogen (secondary N) is 3. The molecule has 3 N–H and O–H groups in total. The molecule has 21 heavy (non-hydrogen) atoms. The fourth-order valence-corrected chi connectivity index (χ4v) is 2.51. The molecule has 3 aromatic rings. The molecule has 106 valence electrons. The first-order valence-electron chi connectivity index (χ1n) is 6.77. The molecule has 0 fully saturated rings. The molecule has 0 spiro atoms. The summed E-state index contributed by atoms with van der Waals surface area (Å²) >= 11 is 0. The number of hydrogen-bond acceptors (Lipinski definition) is 5. The Bertz CT molecular complexity index is 812. The van der Waals surface area contributed by atoms with Crippen LogP contribution in [0.3, 0.4) is 0 Å². The highest BCUT2D eigenvalue weighted by Crippen LogP contribution is 2.27. The van der Waals surface area contributed by atoms with E-state index in [1.165, 1.54) is 12.1 Å². The Morgan fingerprint density at radius 2 is 2.24 bits per heavy atom. The van der Waals surface area contributed by atoms with E-state index in [-0.39, 0.29) is 5.82 Å². The van der Waals surface area contributed by atoms with E-state index < -0.39 is 0 Å². The summed E-state index contributed by atoms with van der Waals surface area (Å²) in [5.41, 5.74) is 2.55. The first-order chi connectivity index (χ1) is 10.3. The van der Waals surface area contributed by atoms with E-state index in [1.807, 2.05) is 6.07 Å². The Balaban J connectivity index is 1.62. The highest BCUT2D eigenvalue weighted by atomic mass is 19.1. The number of aromatic amines is 1. The summed E-state index contributed by atoms with van der Waals surface area (Å²) in [6.45, 7) is 1.27. The lowest BCUT2D eigenvalue weighted by atomic mass is 10.2. The molecule has 0 aliphatic carbocycles. The van der Waals surface area contributed by atoms with Crippen LogP contribution in [0, 0.1) is 5.82 Å². The highest BCUT2D eigenvalue weighted by molar-refractivity contribution is 5.91. The molecular weight excluding hydrogens is 271 g/mol. The van der Waals surface area contributed by atoms with Crippen LogP contribution >= 0.6 is 0 Å². The topological polar surface area (TPSA) is 78.5 Å². The first kappa shape index (κ1) is 12.1. The molecule has 0 amide bonds. The van der Waals surface area contributed by atoms with Gasteiger partial charge in [-0.1, -0.05) is 12.1 Å². The van der Waals surface area contributed by atoms with Crippen LogP contribution in [-0.4, -0.2) is 26.7 Å². The van der Waals surface area contributed by atoms with Gasteiger partial charge in [0.15, 0.2) is 5.65 Å². The van der Waals surface area contributed by atoms with Crippen molar-refractivity contribution in [2.45, 2.75) is 13.0 Å². The number of rotatable bonds is 3. The molecule has 3 heterocycles. The molecular formula is C14H13FN6. The number of nitrogens with zero attached hydrogens (tertiary/aromatic N) is 3. The fourth-order valence-electron chi connectivity index (χ4n) is 2.51. The van der Waals surface area contributed by atoms with Crippen molar-refractivity contribution >= 4 is 22.8 Å². The summed E-state index contributed by atoms with van der Waals surface area (Å²) in [4.78, 5) is 8.86. The minimum absolute atomic E-state index is 0.249. The maximum Gasteiger partial charge on any atom is 0.226 e. The standard InChI is InChI=1S/C14H13FN6/c15-9-3-1-2-8(6-9)7-17-14-18-12-11-10(4-5-16-12)20-21-13(11)19-14/h1-3,6H,4-5,7H2,(H3,16,17,18,19,20,21). The SMILES string of the molecule is Fc1cccc(CNc2nc3c4c(n[nH]c4n2)CCN3)c1. The zero-order valence-electron chi connectivity index (χ0n) is 11.2. The number of hydrogen-bond donors (Lipinski definition) is 3. The Morgan fingerprint density at radius 1 is 1.29 bits per heavy atom. The van der Waals surface area contributed by atoms with E-state index >= 15 is 0 Å². The molecule has 0 atom stereocenters. The summed E-state index contributed by atoms with van der Waals surface area (Å²) in [5.74, 6) is 1.03. The lowest BCUT2D eigenvalue weighted by Crippen LogP contribution is -2.14. The van der Waals surface area contributed by atoms with E-state index in [0.717, 1.165) is 35.4 Å². The largest absolute Gasteiger partial charge is 0.369 e. The second-order valence-electron chi connectivity index (χ2n) is 4.95. The van der Waals surface area contributed by atoms with E-state index in [9.17, 15) is 4.39 Å². The van der Waals surface area contributed by atoms with Crippen LogP contribution in [0.2, 0.25) is 0 Å². The third kappa shape index (κ3) is 2.16. The monoisotopic (exact) mass is 284 g/mol. The smallest absolute Gasteiger partial charge is 0.226 e. The third-order valence-corrected chi connectivity index (χ3v) is 3.49. The maximum absolute atomic E-state index is 13.1. The Labute approximate surface area is 119 Å². The fraction of sp³-hybridized carbons (Fsp3) is 0.214. The zero-order valence-corrected chi connectivity index (χ0v) is 11.2. The van der Waals surface area contributed by atoms with Crippen LogP contribution in [-0.2, 0) is 13.0 Å². The van der Waals surface area contributed by atoms with Crippen LogP contribution in [0.5, 0.6) is 0 Å². The van der Waals surface area contributed by atoms with Gasteiger partial charge >= 0.3 is 0 Å².